The summed E-state index contributed by atoms with van der Waals surface area (Å²) >= 11 is 3.46. The van der Waals surface area contributed by atoms with Gasteiger partial charge in [-0.2, -0.15) is 5.10 Å². The predicted molar refractivity (Wildman–Crippen MR) is 90.5 cm³/mol. The Balaban J connectivity index is 2.17. The van der Waals surface area contributed by atoms with E-state index in [4.69, 9.17) is 4.74 Å². The van der Waals surface area contributed by atoms with Crippen LogP contribution < -0.4 is 4.74 Å². The highest BCUT2D eigenvalue weighted by atomic mass is 79.9. The lowest BCUT2D eigenvalue weighted by atomic mass is 10.2. The quantitative estimate of drug-likeness (QED) is 0.566. The first-order valence-electron chi connectivity index (χ1n) is 7.02. The molecule has 0 spiro atoms. The van der Waals surface area contributed by atoms with Crippen LogP contribution in [0.25, 0.3) is 0 Å². The van der Waals surface area contributed by atoms with Crippen molar-refractivity contribution in [1.82, 2.24) is 14.7 Å². The third-order valence-corrected chi connectivity index (χ3v) is 4.08. The number of methoxy groups -OCH3 is 1. The SMILES string of the molecule is COc1ccc(Br)cc1CN(C)Cn1nc(C)c([N+](=O)[O-])c1C. The summed E-state index contributed by atoms with van der Waals surface area (Å²) in [6, 6.07) is 5.83. The molecule has 124 valence electrons. The van der Waals surface area contributed by atoms with Crippen molar-refractivity contribution in [2.24, 2.45) is 0 Å². The number of aryl methyl sites for hydroxylation is 1. The van der Waals surface area contributed by atoms with Gasteiger partial charge in [0.05, 0.1) is 18.7 Å². The van der Waals surface area contributed by atoms with Gasteiger partial charge in [-0.15, -0.1) is 0 Å². The Kier molecular flexibility index (Phi) is 5.38. The Bertz CT molecular complexity index is 730. The second-order valence-corrected chi connectivity index (χ2v) is 6.30. The average molecular weight is 383 g/mol. The van der Waals surface area contributed by atoms with Gasteiger partial charge in [-0.1, -0.05) is 15.9 Å². The summed E-state index contributed by atoms with van der Waals surface area (Å²) in [5.74, 6) is 0.805. The smallest absolute Gasteiger partial charge is 0.312 e. The lowest BCUT2D eigenvalue weighted by Crippen LogP contribution is -2.23. The molecule has 2 rings (SSSR count). The zero-order valence-electron chi connectivity index (χ0n) is 13.5. The standard InChI is InChI=1S/C15H19BrN4O3/c1-10-15(20(21)22)11(2)19(17-10)9-18(3)8-12-7-13(16)5-6-14(12)23-4/h5-7H,8-9H2,1-4H3. The van der Waals surface area contributed by atoms with Gasteiger partial charge in [0.2, 0.25) is 0 Å². The fourth-order valence-electron chi connectivity index (χ4n) is 2.53. The Labute approximate surface area is 143 Å². The number of ether oxygens (including phenoxy) is 1. The van der Waals surface area contributed by atoms with Crippen LogP contribution in [-0.4, -0.2) is 33.8 Å². The van der Waals surface area contributed by atoms with Crippen molar-refractivity contribution in [1.29, 1.82) is 0 Å². The minimum absolute atomic E-state index is 0.0819. The molecule has 0 bridgehead atoms. The molecule has 0 saturated heterocycles. The van der Waals surface area contributed by atoms with Crippen molar-refractivity contribution < 1.29 is 9.66 Å². The molecule has 23 heavy (non-hydrogen) atoms. The van der Waals surface area contributed by atoms with E-state index in [9.17, 15) is 10.1 Å². The molecule has 2 aromatic rings. The molecule has 1 aromatic heterocycles. The molecule has 0 fully saturated rings. The molecule has 0 aliphatic heterocycles. The average Bonchev–Trinajstić information content (AvgIpc) is 2.73. The monoisotopic (exact) mass is 382 g/mol. The first-order valence-corrected chi connectivity index (χ1v) is 7.82. The van der Waals surface area contributed by atoms with Gasteiger partial charge in [0.1, 0.15) is 17.1 Å². The summed E-state index contributed by atoms with van der Waals surface area (Å²) in [6.07, 6.45) is 0. The van der Waals surface area contributed by atoms with E-state index >= 15 is 0 Å². The summed E-state index contributed by atoms with van der Waals surface area (Å²) in [4.78, 5) is 12.7. The number of nitro groups is 1. The van der Waals surface area contributed by atoms with Gasteiger partial charge >= 0.3 is 5.69 Å². The molecule has 0 N–H and O–H groups in total. The van der Waals surface area contributed by atoms with Gasteiger partial charge in [0.25, 0.3) is 0 Å². The Hall–Kier alpha value is -1.93. The highest BCUT2D eigenvalue weighted by Gasteiger charge is 2.22. The minimum atomic E-state index is -0.383. The second kappa shape index (κ2) is 7.10. The van der Waals surface area contributed by atoms with E-state index in [1.807, 2.05) is 30.1 Å². The van der Waals surface area contributed by atoms with Crippen LogP contribution in [0, 0.1) is 24.0 Å². The number of halogens is 1. The van der Waals surface area contributed by atoms with Crippen molar-refractivity contribution in [2.45, 2.75) is 27.1 Å². The zero-order valence-corrected chi connectivity index (χ0v) is 15.1. The summed E-state index contributed by atoms with van der Waals surface area (Å²) < 4.78 is 8.00. The van der Waals surface area contributed by atoms with E-state index in [2.05, 4.69) is 21.0 Å². The largest absolute Gasteiger partial charge is 0.496 e. The number of hydrogen-bond acceptors (Lipinski definition) is 5. The maximum absolute atomic E-state index is 11.1. The summed E-state index contributed by atoms with van der Waals surface area (Å²) in [7, 11) is 3.57. The summed E-state index contributed by atoms with van der Waals surface area (Å²) in [6.45, 7) is 4.45. The minimum Gasteiger partial charge on any atom is -0.496 e. The van der Waals surface area contributed by atoms with Crippen molar-refractivity contribution >= 4 is 21.6 Å². The molecule has 0 aliphatic carbocycles. The van der Waals surface area contributed by atoms with Crippen LogP contribution in [0.4, 0.5) is 5.69 Å². The molecule has 0 aliphatic rings. The Morgan fingerprint density at radius 2 is 2.13 bits per heavy atom. The van der Waals surface area contributed by atoms with Crippen LogP contribution in [0.3, 0.4) is 0 Å². The van der Waals surface area contributed by atoms with Gasteiger partial charge in [0.15, 0.2) is 0 Å². The fraction of sp³-hybridized carbons (Fsp3) is 0.400. The molecule has 0 amide bonds. The van der Waals surface area contributed by atoms with E-state index in [1.165, 1.54) is 0 Å². The van der Waals surface area contributed by atoms with Gasteiger partial charge in [-0.25, -0.2) is 4.68 Å². The molecular weight excluding hydrogens is 364 g/mol. The van der Waals surface area contributed by atoms with Gasteiger partial charge in [-0.05, 0) is 39.1 Å². The van der Waals surface area contributed by atoms with E-state index in [0.29, 0.717) is 24.6 Å². The van der Waals surface area contributed by atoms with Gasteiger partial charge in [0, 0.05) is 16.6 Å². The molecule has 0 saturated carbocycles. The molecule has 0 radical (unpaired) electrons. The Morgan fingerprint density at radius 1 is 1.43 bits per heavy atom. The maximum Gasteiger partial charge on any atom is 0.312 e. The zero-order chi connectivity index (χ0) is 17.1. The van der Waals surface area contributed by atoms with Crippen LogP contribution in [0.15, 0.2) is 22.7 Å². The van der Waals surface area contributed by atoms with Crippen molar-refractivity contribution in [2.75, 3.05) is 14.2 Å². The molecule has 0 unspecified atom stereocenters. The Morgan fingerprint density at radius 3 is 2.70 bits per heavy atom. The maximum atomic E-state index is 11.1. The third-order valence-electron chi connectivity index (χ3n) is 3.58. The summed E-state index contributed by atoms with van der Waals surface area (Å²) in [5, 5.41) is 15.3. The highest BCUT2D eigenvalue weighted by Crippen LogP contribution is 2.25. The fourth-order valence-corrected chi connectivity index (χ4v) is 2.94. The lowest BCUT2D eigenvalue weighted by Gasteiger charge is -2.19. The first-order chi connectivity index (χ1) is 10.8. The molecule has 8 heteroatoms. The highest BCUT2D eigenvalue weighted by molar-refractivity contribution is 9.10. The lowest BCUT2D eigenvalue weighted by molar-refractivity contribution is -0.386. The summed E-state index contributed by atoms with van der Waals surface area (Å²) in [5.41, 5.74) is 2.10. The molecule has 7 nitrogen and oxygen atoms in total. The first kappa shape index (κ1) is 17.4. The molecule has 0 atom stereocenters. The normalized spacial score (nSPS) is 11.0. The van der Waals surface area contributed by atoms with Crippen molar-refractivity contribution in [3.63, 3.8) is 0 Å². The molecular formula is C15H19BrN4O3. The number of hydrogen-bond donors (Lipinski definition) is 0. The van der Waals surface area contributed by atoms with Gasteiger partial charge < -0.3 is 4.74 Å². The second-order valence-electron chi connectivity index (χ2n) is 5.39. The number of rotatable bonds is 6. The topological polar surface area (TPSA) is 73.4 Å². The van der Waals surface area contributed by atoms with Crippen LogP contribution in [0.5, 0.6) is 5.75 Å². The molecule has 1 heterocycles. The molecule has 1 aromatic carbocycles. The van der Waals surface area contributed by atoms with E-state index in [0.717, 1.165) is 15.8 Å². The van der Waals surface area contributed by atoms with E-state index in [-0.39, 0.29) is 10.6 Å². The van der Waals surface area contributed by atoms with Crippen molar-refractivity contribution in [3.8, 4) is 5.75 Å². The van der Waals surface area contributed by atoms with E-state index < -0.39 is 0 Å². The van der Waals surface area contributed by atoms with Crippen LogP contribution in [0.2, 0.25) is 0 Å². The van der Waals surface area contributed by atoms with Crippen molar-refractivity contribution in [3.05, 3.63) is 49.7 Å². The number of aromatic nitrogens is 2. The predicted octanol–water partition coefficient (Wildman–Crippen LogP) is 3.27. The van der Waals surface area contributed by atoms with E-state index in [1.54, 1.807) is 25.6 Å². The van der Waals surface area contributed by atoms with Gasteiger partial charge in [-0.3, -0.25) is 15.0 Å². The third kappa shape index (κ3) is 3.89. The van der Waals surface area contributed by atoms with Crippen LogP contribution in [-0.2, 0) is 13.2 Å². The van der Waals surface area contributed by atoms with Crippen LogP contribution in [0.1, 0.15) is 17.0 Å². The number of nitrogens with zero attached hydrogens (tertiary/aromatic N) is 4. The van der Waals surface area contributed by atoms with Crippen LogP contribution >= 0.6 is 15.9 Å². The number of benzene rings is 1.